The summed E-state index contributed by atoms with van der Waals surface area (Å²) >= 11 is 0. The van der Waals surface area contributed by atoms with Crippen LogP contribution in [0, 0.1) is 5.92 Å². The summed E-state index contributed by atoms with van der Waals surface area (Å²) in [4.78, 5) is 33.5. The molecule has 172 valence electrons. The van der Waals surface area contributed by atoms with Gasteiger partial charge in [0.1, 0.15) is 5.60 Å². The lowest BCUT2D eigenvalue weighted by Gasteiger charge is -2.37. The Bertz CT molecular complexity index is 594. The summed E-state index contributed by atoms with van der Waals surface area (Å²) in [6.07, 6.45) is 4.34. The van der Waals surface area contributed by atoms with Gasteiger partial charge in [0.2, 0.25) is 0 Å². The Kier molecular flexibility index (Phi) is 9.24. The maximum absolute atomic E-state index is 12.6. The third-order valence-electron chi connectivity index (χ3n) is 5.46. The molecular weight excluding hydrogens is 384 g/mol. The molecule has 2 heterocycles. The molecule has 0 aromatic carbocycles. The van der Waals surface area contributed by atoms with Crippen LogP contribution in [0.4, 0.5) is 4.79 Å². The Hall–Kier alpha value is -1.99. The second kappa shape index (κ2) is 11.4. The molecule has 2 rings (SSSR count). The van der Waals surface area contributed by atoms with Crippen molar-refractivity contribution in [2.45, 2.75) is 78.4 Å². The van der Waals surface area contributed by atoms with Gasteiger partial charge in [-0.2, -0.15) is 0 Å². The summed E-state index contributed by atoms with van der Waals surface area (Å²) < 4.78 is 10.8. The third-order valence-corrected chi connectivity index (χ3v) is 5.46. The maximum Gasteiger partial charge on any atom is 0.410 e. The predicted octanol–water partition coefficient (Wildman–Crippen LogP) is 3.02. The Balaban J connectivity index is 1.99. The first-order valence-electron chi connectivity index (χ1n) is 11.4. The molecule has 1 atom stereocenters. The quantitative estimate of drug-likeness (QED) is 0.415. The van der Waals surface area contributed by atoms with Gasteiger partial charge in [0, 0.05) is 26.2 Å². The van der Waals surface area contributed by atoms with Gasteiger partial charge in [-0.25, -0.2) is 4.79 Å². The van der Waals surface area contributed by atoms with Crippen LogP contribution in [0.3, 0.4) is 0 Å². The van der Waals surface area contributed by atoms with Gasteiger partial charge in [-0.05, 0) is 66.7 Å². The highest BCUT2D eigenvalue weighted by Gasteiger charge is 2.31. The van der Waals surface area contributed by atoms with Crippen LogP contribution in [-0.4, -0.2) is 78.8 Å². The number of rotatable bonds is 5. The molecule has 2 fully saturated rings. The zero-order valence-corrected chi connectivity index (χ0v) is 19.4. The highest BCUT2D eigenvalue weighted by Crippen LogP contribution is 2.22. The van der Waals surface area contributed by atoms with Gasteiger partial charge in [-0.3, -0.25) is 9.79 Å². The smallest absolute Gasteiger partial charge is 0.410 e. The van der Waals surface area contributed by atoms with Gasteiger partial charge >= 0.3 is 12.1 Å². The number of carbonyl (C=O) groups excluding carboxylic acids is 2. The average molecular weight is 425 g/mol. The van der Waals surface area contributed by atoms with Crippen LogP contribution >= 0.6 is 0 Å². The molecule has 0 bridgehead atoms. The molecule has 30 heavy (non-hydrogen) atoms. The van der Waals surface area contributed by atoms with E-state index < -0.39 is 5.60 Å². The van der Waals surface area contributed by atoms with Crippen LogP contribution in [0.2, 0.25) is 0 Å². The van der Waals surface area contributed by atoms with Crippen molar-refractivity contribution < 1.29 is 19.1 Å². The lowest BCUT2D eigenvalue weighted by atomic mass is 9.97. The minimum atomic E-state index is -0.499. The van der Waals surface area contributed by atoms with E-state index in [1.165, 1.54) is 0 Å². The average Bonchev–Trinajstić information content (AvgIpc) is 2.70. The Morgan fingerprint density at radius 2 is 1.77 bits per heavy atom. The summed E-state index contributed by atoms with van der Waals surface area (Å²) in [6.45, 7) is 13.6. The molecule has 0 aromatic heterocycles. The van der Waals surface area contributed by atoms with Gasteiger partial charge < -0.3 is 24.6 Å². The third kappa shape index (κ3) is 7.36. The zero-order chi connectivity index (χ0) is 22.1. The molecule has 0 aliphatic carbocycles. The number of hydrogen-bond donors (Lipinski definition) is 1. The molecule has 1 unspecified atom stereocenters. The molecule has 0 spiro atoms. The number of amides is 1. The summed E-state index contributed by atoms with van der Waals surface area (Å²) in [5, 5.41) is 3.37. The highest BCUT2D eigenvalue weighted by atomic mass is 16.6. The number of piperidine rings is 2. The summed E-state index contributed by atoms with van der Waals surface area (Å²) in [5.41, 5.74) is -0.499. The fraction of sp³-hybridized carbons (Fsp3) is 0.864. The van der Waals surface area contributed by atoms with E-state index in [1.54, 1.807) is 0 Å². The number of hydrogen-bond acceptors (Lipinski definition) is 5. The number of guanidine groups is 1. The van der Waals surface area contributed by atoms with E-state index in [2.05, 4.69) is 17.1 Å². The lowest BCUT2D eigenvalue weighted by Crippen LogP contribution is -2.49. The number of carbonyl (C=O) groups is 2. The lowest BCUT2D eigenvalue weighted by molar-refractivity contribution is -0.149. The SMILES string of the molecule is CCNC(=NCC1CCCCN1C(=O)OC(C)(C)C)N1CCC(C(=O)OCC)CC1. The maximum atomic E-state index is 12.6. The minimum absolute atomic E-state index is 0.0231. The van der Waals surface area contributed by atoms with E-state index in [9.17, 15) is 9.59 Å². The Morgan fingerprint density at radius 1 is 1.07 bits per heavy atom. The molecular formula is C22H40N4O4. The van der Waals surface area contributed by atoms with E-state index >= 15 is 0 Å². The molecule has 1 N–H and O–H groups in total. The Morgan fingerprint density at radius 3 is 2.37 bits per heavy atom. The van der Waals surface area contributed by atoms with Crippen LogP contribution in [-0.2, 0) is 14.3 Å². The molecule has 0 radical (unpaired) electrons. The van der Waals surface area contributed by atoms with Crippen molar-refractivity contribution in [2.24, 2.45) is 10.9 Å². The van der Waals surface area contributed by atoms with Crippen molar-refractivity contribution in [3.05, 3.63) is 0 Å². The fourth-order valence-electron chi connectivity index (χ4n) is 3.96. The molecule has 0 aromatic rings. The second-order valence-corrected chi connectivity index (χ2v) is 9.03. The van der Waals surface area contributed by atoms with E-state index in [1.807, 2.05) is 32.6 Å². The van der Waals surface area contributed by atoms with Gasteiger partial charge in [-0.15, -0.1) is 0 Å². The molecule has 0 saturated carbocycles. The van der Waals surface area contributed by atoms with Gasteiger partial charge in [0.05, 0.1) is 25.1 Å². The number of nitrogens with zero attached hydrogens (tertiary/aromatic N) is 3. The minimum Gasteiger partial charge on any atom is -0.466 e. The largest absolute Gasteiger partial charge is 0.466 e. The topological polar surface area (TPSA) is 83.5 Å². The normalized spacial score (nSPS) is 21.4. The van der Waals surface area contributed by atoms with E-state index in [0.717, 1.165) is 64.2 Å². The van der Waals surface area contributed by atoms with Gasteiger partial charge in [0.15, 0.2) is 5.96 Å². The van der Waals surface area contributed by atoms with Crippen molar-refractivity contribution in [3.8, 4) is 0 Å². The molecule has 2 aliphatic rings. The molecule has 8 heteroatoms. The molecule has 2 aliphatic heterocycles. The van der Waals surface area contributed by atoms with Crippen LogP contribution in [0.1, 0.15) is 66.7 Å². The van der Waals surface area contributed by atoms with Crippen molar-refractivity contribution in [1.82, 2.24) is 15.1 Å². The monoisotopic (exact) mass is 424 g/mol. The van der Waals surface area contributed by atoms with E-state index in [4.69, 9.17) is 14.5 Å². The second-order valence-electron chi connectivity index (χ2n) is 9.03. The number of likely N-dealkylation sites (tertiary alicyclic amines) is 2. The number of esters is 1. The summed E-state index contributed by atoms with van der Waals surface area (Å²) in [5.74, 6) is 0.744. The standard InChI is InChI=1S/C22H40N4O4/c1-6-23-20(25-14-11-17(12-15-25)19(27)29-7-2)24-16-18-10-8-9-13-26(18)21(28)30-22(3,4)5/h17-18H,6-16H2,1-5H3,(H,23,24). The van der Waals surface area contributed by atoms with Crippen LogP contribution in [0.15, 0.2) is 4.99 Å². The highest BCUT2D eigenvalue weighted by molar-refractivity contribution is 5.80. The molecule has 1 amide bonds. The first kappa shape index (κ1) is 24.3. The number of aliphatic imine (C=N–C) groups is 1. The van der Waals surface area contributed by atoms with Crippen LogP contribution in [0.5, 0.6) is 0 Å². The first-order chi connectivity index (χ1) is 14.2. The summed E-state index contributed by atoms with van der Waals surface area (Å²) in [6, 6.07) is 0.0549. The predicted molar refractivity (Wildman–Crippen MR) is 117 cm³/mol. The molecule has 2 saturated heterocycles. The number of ether oxygens (including phenoxy) is 2. The van der Waals surface area contributed by atoms with Crippen molar-refractivity contribution in [3.63, 3.8) is 0 Å². The van der Waals surface area contributed by atoms with Crippen LogP contribution in [0.25, 0.3) is 0 Å². The van der Waals surface area contributed by atoms with Crippen LogP contribution < -0.4 is 5.32 Å². The van der Waals surface area contributed by atoms with Crippen molar-refractivity contribution in [2.75, 3.05) is 39.3 Å². The van der Waals surface area contributed by atoms with Crippen molar-refractivity contribution >= 4 is 18.0 Å². The van der Waals surface area contributed by atoms with Gasteiger partial charge in [-0.1, -0.05) is 0 Å². The zero-order valence-electron chi connectivity index (χ0n) is 19.4. The van der Waals surface area contributed by atoms with Gasteiger partial charge in [0.25, 0.3) is 0 Å². The Labute approximate surface area is 181 Å². The molecule has 8 nitrogen and oxygen atoms in total. The van der Waals surface area contributed by atoms with Crippen molar-refractivity contribution in [1.29, 1.82) is 0 Å². The summed E-state index contributed by atoms with van der Waals surface area (Å²) in [7, 11) is 0. The fourth-order valence-corrected chi connectivity index (χ4v) is 3.96. The number of nitrogens with one attached hydrogen (secondary N) is 1. The van der Waals surface area contributed by atoms with E-state index in [0.29, 0.717) is 13.2 Å². The first-order valence-corrected chi connectivity index (χ1v) is 11.4. The van der Waals surface area contributed by atoms with E-state index in [-0.39, 0.29) is 24.0 Å².